The van der Waals surface area contributed by atoms with E-state index in [1.54, 1.807) is 0 Å². The van der Waals surface area contributed by atoms with E-state index >= 15 is 0 Å². The summed E-state index contributed by atoms with van der Waals surface area (Å²) in [4.78, 5) is 0. The molecule has 0 radical (unpaired) electrons. The second kappa shape index (κ2) is 3.83. The number of hydrogen-bond donors (Lipinski definition) is 2. The van der Waals surface area contributed by atoms with Gasteiger partial charge < -0.3 is 11.5 Å². The first-order valence-electron chi connectivity index (χ1n) is 5.15. The summed E-state index contributed by atoms with van der Waals surface area (Å²) >= 11 is 0. The molecule has 0 fully saturated rings. The molecule has 1 aromatic carbocycles. The minimum Gasteiger partial charge on any atom is -0.382 e. The third-order valence-electron chi connectivity index (χ3n) is 2.51. The van der Waals surface area contributed by atoms with Gasteiger partial charge in [0.1, 0.15) is 17.5 Å². The molecule has 0 spiro atoms. The molecule has 4 N–H and O–H groups in total. The topological polar surface area (TPSA) is 93.6 Å². The predicted molar refractivity (Wildman–Crippen MR) is 66.6 cm³/mol. The van der Waals surface area contributed by atoms with Gasteiger partial charge in [0.15, 0.2) is 5.82 Å². The van der Waals surface area contributed by atoms with Crippen LogP contribution < -0.4 is 11.5 Å². The van der Waals surface area contributed by atoms with Crippen LogP contribution in [0.25, 0.3) is 5.69 Å². The molecule has 17 heavy (non-hydrogen) atoms. The number of nitriles is 1. The number of nitrogens with two attached hydrogens (primary N) is 2. The van der Waals surface area contributed by atoms with Crippen molar-refractivity contribution < 1.29 is 0 Å². The van der Waals surface area contributed by atoms with E-state index in [0.29, 0.717) is 0 Å². The van der Waals surface area contributed by atoms with E-state index in [2.05, 4.69) is 11.2 Å². The molecule has 86 valence electrons. The van der Waals surface area contributed by atoms with Gasteiger partial charge in [-0.3, -0.25) is 0 Å². The summed E-state index contributed by atoms with van der Waals surface area (Å²) in [5.74, 6) is 0.430. The van der Waals surface area contributed by atoms with Crippen LogP contribution in [-0.4, -0.2) is 9.78 Å². The fourth-order valence-corrected chi connectivity index (χ4v) is 1.83. The molecule has 0 saturated heterocycles. The first kappa shape index (κ1) is 11.0. The number of hydrogen-bond acceptors (Lipinski definition) is 4. The van der Waals surface area contributed by atoms with Crippen molar-refractivity contribution in [1.82, 2.24) is 9.78 Å². The van der Waals surface area contributed by atoms with Crippen molar-refractivity contribution in [3.8, 4) is 11.8 Å². The Morgan fingerprint density at radius 2 is 1.76 bits per heavy atom. The van der Waals surface area contributed by atoms with Crippen molar-refractivity contribution in [3.63, 3.8) is 0 Å². The van der Waals surface area contributed by atoms with Crippen molar-refractivity contribution in [2.24, 2.45) is 0 Å². The Hall–Kier alpha value is -2.48. The number of nitrogens with zero attached hydrogens (tertiary/aromatic N) is 3. The zero-order valence-electron chi connectivity index (χ0n) is 9.73. The van der Waals surface area contributed by atoms with Gasteiger partial charge in [-0.15, -0.1) is 5.10 Å². The van der Waals surface area contributed by atoms with Gasteiger partial charge >= 0.3 is 0 Å². The molecular formula is C12H13N5. The smallest absolute Gasteiger partial charge is 0.166 e. The number of benzene rings is 1. The molecule has 0 bridgehead atoms. The van der Waals surface area contributed by atoms with Crippen molar-refractivity contribution in [3.05, 3.63) is 34.9 Å². The van der Waals surface area contributed by atoms with Crippen molar-refractivity contribution in [2.75, 3.05) is 11.5 Å². The molecule has 0 aliphatic rings. The second-order valence-electron chi connectivity index (χ2n) is 4.01. The van der Waals surface area contributed by atoms with Crippen LogP contribution in [0.1, 0.15) is 16.7 Å². The molecular weight excluding hydrogens is 214 g/mol. The lowest BCUT2D eigenvalue weighted by molar-refractivity contribution is 0.893. The van der Waals surface area contributed by atoms with Gasteiger partial charge in [0.2, 0.25) is 0 Å². The lowest BCUT2D eigenvalue weighted by Gasteiger charge is -2.06. The van der Waals surface area contributed by atoms with Gasteiger partial charge in [0.25, 0.3) is 0 Å². The molecule has 2 rings (SSSR count). The quantitative estimate of drug-likeness (QED) is 0.772. The maximum absolute atomic E-state index is 8.91. The van der Waals surface area contributed by atoms with Crippen LogP contribution in [0.4, 0.5) is 11.6 Å². The Bertz CT molecular complexity index is 598. The number of aryl methyl sites for hydroxylation is 2. The van der Waals surface area contributed by atoms with E-state index in [4.69, 9.17) is 16.7 Å². The minimum absolute atomic E-state index is 0.157. The van der Waals surface area contributed by atoms with Crippen LogP contribution >= 0.6 is 0 Å². The van der Waals surface area contributed by atoms with Crippen LogP contribution in [0.3, 0.4) is 0 Å². The largest absolute Gasteiger partial charge is 0.382 e. The lowest BCUT2D eigenvalue weighted by atomic mass is 10.1. The number of nitrogen functional groups attached to an aromatic ring is 2. The highest BCUT2D eigenvalue weighted by Crippen LogP contribution is 2.23. The standard InChI is InChI=1S/C12H13N5/c1-7-3-8(2)5-9(4-7)17-12(15)10(6-13)11(14)16-17/h3-5H,15H2,1-2H3,(H2,14,16). The third kappa shape index (κ3) is 1.81. The minimum atomic E-state index is 0.157. The first-order chi connectivity index (χ1) is 8.02. The van der Waals surface area contributed by atoms with Gasteiger partial charge in [0, 0.05) is 0 Å². The van der Waals surface area contributed by atoms with Crippen molar-refractivity contribution in [1.29, 1.82) is 5.26 Å². The summed E-state index contributed by atoms with van der Waals surface area (Å²) in [6, 6.07) is 7.89. The SMILES string of the molecule is Cc1cc(C)cc(-n2nc(N)c(C#N)c2N)c1. The van der Waals surface area contributed by atoms with Crippen molar-refractivity contribution in [2.45, 2.75) is 13.8 Å². The summed E-state index contributed by atoms with van der Waals surface area (Å²) in [6.07, 6.45) is 0. The fraction of sp³-hybridized carbons (Fsp3) is 0.167. The Morgan fingerprint density at radius 3 is 2.24 bits per heavy atom. The molecule has 1 heterocycles. The Balaban J connectivity index is 2.65. The van der Waals surface area contributed by atoms with Crippen molar-refractivity contribution >= 4 is 11.6 Å². The van der Waals surface area contributed by atoms with Crippen LogP contribution in [0.2, 0.25) is 0 Å². The van der Waals surface area contributed by atoms with Crippen LogP contribution in [-0.2, 0) is 0 Å². The molecule has 0 saturated carbocycles. The summed E-state index contributed by atoms with van der Waals surface area (Å²) in [5, 5.41) is 13.0. The summed E-state index contributed by atoms with van der Waals surface area (Å²) in [7, 11) is 0. The van der Waals surface area contributed by atoms with E-state index in [9.17, 15) is 0 Å². The molecule has 1 aromatic heterocycles. The Morgan fingerprint density at radius 1 is 1.18 bits per heavy atom. The van der Waals surface area contributed by atoms with E-state index in [1.165, 1.54) is 4.68 Å². The maximum atomic E-state index is 8.91. The lowest BCUT2D eigenvalue weighted by Crippen LogP contribution is -2.03. The zero-order chi connectivity index (χ0) is 12.6. The number of aromatic nitrogens is 2. The molecule has 0 aliphatic carbocycles. The highest BCUT2D eigenvalue weighted by Gasteiger charge is 2.14. The van der Waals surface area contributed by atoms with E-state index < -0.39 is 0 Å². The van der Waals surface area contributed by atoms with Crippen LogP contribution in [0.5, 0.6) is 0 Å². The normalized spacial score (nSPS) is 10.2. The van der Waals surface area contributed by atoms with Gasteiger partial charge in [-0.25, -0.2) is 4.68 Å². The van der Waals surface area contributed by atoms with Gasteiger partial charge in [0.05, 0.1) is 5.69 Å². The molecule has 0 atom stereocenters. The van der Waals surface area contributed by atoms with E-state index in [-0.39, 0.29) is 17.2 Å². The average molecular weight is 227 g/mol. The number of rotatable bonds is 1. The predicted octanol–water partition coefficient (Wildman–Crippen LogP) is 1.53. The molecule has 0 amide bonds. The highest BCUT2D eigenvalue weighted by atomic mass is 15.3. The van der Waals surface area contributed by atoms with Crippen LogP contribution in [0, 0.1) is 25.2 Å². The van der Waals surface area contributed by atoms with Gasteiger partial charge in [-0.05, 0) is 37.1 Å². The second-order valence-corrected chi connectivity index (χ2v) is 4.01. The Kier molecular flexibility index (Phi) is 2.48. The maximum Gasteiger partial charge on any atom is 0.166 e. The van der Waals surface area contributed by atoms with Gasteiger partial charge in [-0.1, -0.05) is 6.07 Å². The highest BCUT2D eigenvalue weighted by molar-refractivity contribution is 5.64. The summed E-state index contributed by atoms with van der Waals surface area (Å²) < 4.78 is 1.49. The van der Waals surface area contributed by atoms with Gasteiger partial charge in [-0.2, -0.15) is 5.26 Å². The number of anilines is 2. The third-order valence-corrected chi connectivity index (χ3v) is 2.51. The Labute approximate surface area is 99.3 Å². The fourth-order valence-electron chi connectivity index (χ4n) is 1.83. The summed E-state index contributed by atoms with van der Waals surface area (Å²) in [5.41, 5.74) is 14.7. The summed E-state index contributed by atoms with van der Waals surface area (Å²) in [6.45, 7) is 3.98. The van der Waals surface area contributed by atoms with Crippen LogP contribution in [0.15, 0.2) is 18.2 Å². The first-order valence-corrected chi connectivity index (χ1v) is 5.15. The average Bonchev–Trinajstić information content (AvgIpc) is 2.52. The molecule has 5 heteroatoms. The molecule has 5 nitrogen and oxygen atoms in total. The zero-order valence-corrected chi connectivity index (χ0v) is 9.73. The monoisotopic (exact) mass is 227 g/mol. The molecule has 0 aliphatic heterocycles. The van der Waals surface area contributed by atoms with E-state index in [0.717, 1.165) is 16.8 Å². The molecule has 2 aromatic rings. The van der Waals surface area contributed by atoms with E-state index in [1.807, 2.05) is 32.0 Å². The molecule has 0 unspecified atom stereocenters.